The van der Waals surface area contributed by atoms with Crippen LogP contribution in [-0.2, 0) is 22.3 Å². The van der Waals surface area contributed by atoms with Gasteiger partial charge in [-0.25, -0.2) is 9.78 Å². The van der Waals surface area contributed by atoms with Gasteiger partial charge < -0.3 is 15.5 Å². The zero-order valence-corrected chi connectivity index (χ0v) is 18.4. The Morgan fingerprint density at radius 1 is 1.24 bits per heavy atom. The van der Waals surface area contributed by atoms with Crippen molar-refractivity contribution in [3.05, 3.63) is 76.2 Å². The molecule has 10 heteroatoms. The number of nitrogens with zero attached hydrogens (tertiary/aromatic N) is 2. The summed E-state index contributed by atoms with van der Waals surface area (Å²) in [5.41, 5.74) is 7.59. The molecule has 0 saturated heterocycles. The number of H-pyrrole nitrogens is 1. The van der Waals surface area contributed by atoms with Gasteiger partial charge in [-0.2, -0.15) is 13.2 Å². The molecular formula is C24H21F3N4O3. The van der Waals surface area contributed by atoms with Crippen LogP contribution in [0.5, 0.6) is 0 Å². The number of fused-ring (bicyclic) bond motifs is 1. The minimum Gasteiger partial charge on any atom is -0.462 e. The third kappa shape index (κ3) is 4.14. The number of alkyl halides is 3. The van der Waals surface area contributed by atoms with E-state index in [4.69, 9.17) is 10.5 Å². The predicted octanol–water partition coefficient (Wildman–Crippen LogP) is 4.58. The number of hydrogen-bond acceptors (Lipinski definition) is 5. The van der Waals surface area contributed by atoms with Gasteiger partial charge in [0.15, 0.2) is 0 Å². The molecule has 1 aromatic carbocycles. The lowest BCUT2D eigenvalue weighted by Gasteiger charge is -2.18. The molecule has 4 rings (SSSR count). The summed E-state index contributed by atoms with van der Waals surface area (Å²) in [7, 11) is 0. The fourth-order valence-corrected chi connectivity index (χ4v) is 3.83. The molecule has 7 nitrogen and oxygen atoms in total. The van der Waals surface area contributed by atoms with Crippen molar-refractivity contribution < 1.29 is 27.5 Å². The third-order valence-electron chi connectivity index (χ3n) is 5.42. The summed E-state index contributed by atoms with van der Waals surface area (Å²) in [6.07, 6.45) is -1.18. The fraction of sp³-hybridized carbons (Fsp3) is 0.208. The highest BCUT2D eigenvalue weighted by molar-refractivity contribution is 6.37. The van der Waals surface area contributed by atoms with Gasteiger partial charge in [0.2, 0.25) is 0 Å². The van der Waals surface area contributed by atoms with E-state index in [2.05, 4.69) is 9.97 Å². The van der Waals surface area contributed by atoms with Gasteiger partial charge in [-0.1, -0.05) is 12.1 Å². The number of aromatic nitrogens is 2. The van der Waals surface area contributed by atoms with Gasteiger partial charge in [-0.05, 0) is 49.8 Å². The van der Waals surface area contributed by atoms with Crippen LogP contribution in [0.1, 0.15) is 45.4 Å². The average molecular weight is 470 g/mol. The molecule has 0 atom stereocenters. The second kappa shape index (κ2) is 8.69. The van der Waals surface area contributed by atoms with Crippen molar-refractivity contribution >= 4 is 35.0 Å². The Bertz CT molecular complexity index is 1280. The van der Waals surface area contributed by atoms with Gasteiger partial charge in [-0.3, -0.25) is 9.69 Å². The lowest BCUT2D eigenvalue weighted by Crippen LogP contribution is -2.26. The number of aromatic amines is 1. The summed E-state index contributed by atoms with van der Waals surface area (Å²) in [4.78, 5) is 34.8. The van der Waals surface area contributed by atoms with Crippen LogP contribution >= 0.6 is 0 Å². The molecule has 0 unspecified atom stereocenters. The molecule has 3 aromatic rings. The van der Waals surface area contributed by atoms with Gasteiger partial charge in [0, 0.05) is 11.9 Å². The van der Waals surface area contributed by atoms with E-state index in [-0.39, 0.29) is 47.1 Å². The Balaban J connectivity index is 1.82. The van der Waals surface area contributed by atoms with Crippen molar-refractivity contribution in [3.63, 3.8) is 0 Å². The van der Waals surface area contributed by atoms with Gasteiger partial charge in [0.1, 0.15) is 11.4 Å². The number of amides is 1. The Hall–Kier alpha value is -4.08. The molecule has 0 saturated carbocycles. The van der Waals surface area contributed by atoms with E-state index >= 15 is 0 Å². The van der Waals surface area contributed by atoms with Crippen LogP contribution in [-0.4, -0.2) is 28.5 Å². The number of hydrogen-bond donors (Lipinski definition) is 2. The van der Waals surface area contributed by atoms with Gasteiger partial charge in [0.25, 0.3) is 5.91 Å². The molecule has 1 amide bonds. The van der Waals surface area contributed by atoms with E-state index in [9.17, 15) is 22.8 Å². The zero-order chi connectivity index (χ0) is 24.6. The number of nitrogen functional groups attached to an aromatic ring is 1. The maximum absolute atomic E-state index is 13.4. The number of rotatable bonds is 5. The molecular weight excluding hydrogens is 449 g/mol. The number of carbonyl (C=O) groups excluding carboxylic acids is 2. The lowest BCUT2D eigenvalue weighted by atomic mass is 10.0. The van der Waals surface area contributed by atoms with Crippen LogP contribution in [0.3, 0.4) is 0 Å². The topological polar surface area (TPSA) is 101 Å². The van der Waals surface area contributed by atoms with E-state index in [1.165, 1.54) is 17.0 Å². The smallest absolute Gasteiger partial charge is 0.416 e. The van der Waals surface area contributed by atoms with Crippen LogP contribution in [0.15, 0.2) is 42.6 Å². The van der Waals surface area contributed by atoms with Gasteiger partial charge >= 0.3 is 12.1 Å². The average Bonchev–Trinajstić information content (AvgIpc) is 3.37. The summed E-state index contributed by atoms with van der Waals surface area (Å²) in [5.74, 6) is -0.865. The Labute approximate surface area is 193 Å². The highest BCUT2D eigenvalue weighted by Crippen LogP contribution is 2.43. The molecule has 3 N–H and O–H groups in total. The van der Waals surface area contributed by atoms with Gasteiger partial charge in [0.05, 0.1) is 41.2 Å². The van der Waals surface area contributed by atoms with Crippen molar-refractivity contribution in [3.8, 4) is 0 Å². The monoisotopic (exact) mass is 470 g/mol. The van der Waals surface area contributed by atoms with E-state index in [0.717, 1.165) is 12.1 Å². The number of aryl methyl sites for hydroxylation is 1. The zero-order valence-electron chi connectivity index (χ0n) is 18.4. The molecule has 0 aliphatic carbocycles. The number of nitrogens with one attached hydrogen (secondary N) is 1. The highest BCUT2D eigenvalue weighted by Gasteiger charge is 2.38. The van der Waals surface area contributed by atoms with Crippen LogP contribution in [0.2, 0.25) is 0 Å². The molecule has 0 bridgehead atoms. The summed E-state index contributed by atoms with van der Waals surface area (Å²) >= 11 is 0. The number of ether oxygens (including phenoxy) is 1. The second-order valence-electron chi connectivity index (χ2n) is 7.67. The number of benzene rings is 1. The molecule has 176 valence electrons. The molecule has 34 heavy (non-hydrogen) atoms. The maximum Gasteiger partial charge on any atom is 0.416 e. The fourth-order valence-electron chi connectivity index (χ4n) is 3.83. The first-order chi connectivity index (χ1) is 16.1. The van der Waals surface area contributed by atoms with Crippen molar-refractivity contribution in [1.82, 2.24) is 9.97 Å². The minimum absolute atomic E-state index is 0.0311. The molecule has 0 radical (unpaired) electrons. The van der Waals surface area contributed by atoms with Crippen LogP contribution in [0.25, 0.3) is 11.6 Å². The third-order valence-corrected chi connectivity index (χ3v) is 5.42. The number of pyridine rings is 1. The summed E-state index contributed by atoms with van der Waals surface area (Å²) in [6, 6.07) is 8.06. The van der Waals surface area contributed by atoms with Crippen molar-refractivity contribution in [1.29, 1.82) is 0 Å². The minimum atomic E-state index is -4.46. The van der Waals surface area contributed by atoms with E-state index < -0.39 is 23.6 Å². The first kappa shape index (κ1) is 23.1. The quantitative estimate of drug-likeness (QED) is 0.420. The SMILES string of the molecule is CCOC(=O)c1c(C)nc2c(c1N)/C(=C/c1ccc[nH]1)C(=O)N2Cc1ccc(C(F)(F)F)cc1. The van der Waals surface area contributed by atoms with E-state index in [1.54, 1.807) is 38.3 Å². The Morgan fingerprint density at radius 2 is 1.94 bits per heavy atom. The van der Waals surface area contributed by atoms with Crippen molar-refractivity contribution in [2.24, 2.45) is 0 Å². The van der Waals surface area contributed by atoms with Gasteiger partial charge in [-0.15, -0.1) is 0 Å². The lowest BCUT2D eigenvalue weighted by molar-refractivity contribution is -0.137. The number of esters is 1. The maximum atomic E-state index is 13.4. The van der Waals surface area contributed by atoms with Crippen molar-refractivity contribution in [2.75, 3.05) is 17.2 Å². The number of halogens is 3. The number of anilines is 2. The molecule has 2 aromatic heterocycles. The first-order valence-electron chi connectivity index (χ1n) is 10.4. The molecule has 1 aliphatic rings. The predicted molar refractivity (Wildman–Crippen MR) is 121 cm³/mol. The Morgan fingerprint density at radius 3 is 2.53 bits per heavy atom. The molecule has 3 heterocycles. The largest absolute Gasteiger partial charge is 0.462 e. The Kier molecular flexibility index (Phi) is 5.90. The first-order valence-corrected chi connectivity index (χ1v) is 10.4. The molecule has 0 spiro atoms. The van der Waals surface area contributed by atoms with Crippen molar-refractivity contribution in [2.45, 2.75) is 26.6 Å². The normalized spacial score (nSPS) is 14.6. The summed E-state index contributed by atoms with van der Waals surface area (Å²) in [6.45, 7) is 3.35. The summed E-state index contributed by atoms with van der Waals surface area (Å²) in [5, 5.41) is 0. The van der Waals surface area contributed by atoms with Crippen LogP contribution in [0, 0.1) is 6.92 Å². The standard InChI is InChI=1S/C24H21F3N4O3/c1-3-34-23(33)18-13(2)30-21-19(20(18)28)17(11-16-5-4-10-29-16)22(32)31(21)12-14-6-8-15(9-7-14)24(25,26)27/h4-11,29H,3,12H2,1-2H3,(H2,28,30)/b17-11-. The highest BCUT2D eigenvalue weighted by atomic mass is 19.4. The second-order valence-corrected chi connectivity index (χ2v) is 7.67. The van der Waals surface area contributed by atoms with Crippen LogP contribution in [0.4, 0.5) is 24.7 Å². The molecule has 0 fully saturated rings. The summed E-state index contributed by atoms with van der Waals surface area (Å²) < 4.78 is 43.9. The van der Waals surface area contributed by atoms with E-state index in [0.29, 0.717) is 11.3 Å². The number of carbonyl (C=O) groups is 2. The van der Waals surface area contributed by atoms with E-state index in [1.807, 2.05) is 0 Å². The number of nitrogens with two attached hydrogens (primary N) is 1. The van der Waals surface area contributed by atoms with Crippen LogP contribution < -0.4 is 10.6 Å². The molecule has 1 aliphatic heterocycles.